The highest BCUT2D eigenvalue weighted by atomic mass is 16.1. The number of aromatic nitrogens is 2. The maximum Gasteiger partial charge on any atom is 0.250 e. The van der Waals surface area contributed by atoms with Crippen LogP contribution >= 0.6 is 0 Å². The first-order valence-corrected chi connectivity index (χ1v) is 8.88. The molecular formula is C21H22N4O2. The first-order chi connectivity index (χ1) is 13.1. The van der Waals surface area contributed by atoms with E-state index in [0.717, 1.165) is 29.9 Å². The number of amides is 1. The fourth-order valence-corrected chi connectivity index (χ4v) is 3.07. The molecule has 0 saturated carbocycles. The molecule has 2 aromatic heterocycles. The quantitative estimate of drug-likeness (QED) is 0.749. The summed E-state index contributed by atoms with van der Waals surface area (Å²) in [5.41, 5.74) is 9.08. The molecule has 3 N–H and O–H groups in total. The van der Waals surface area contributed by atoms with E-state index < -0.39 is 0 Å². The molecule has 1 saturated heterocycles. The van der Waals surface area contributed by atoms with Crippen LogP contribution in [0.5, 0.6) is 0 Å². The first kappa shape index (κ1) is 18.4. The molecule has 0 spiro atoms. The number of nitrogens with zero attached hydrogens (tertiary/aromatic N) is 2. The third-order valence-corrected chi connectivity index (χ3v) is 4.40. The van der Waals surface area contributed by atoms with Gasteiger partial charge >= 0.3 is 0 Å². The Morgan fingerprint density at radius 1 is 1.00 bits per heavy atom. The van der Waals surface area contributed by atoms with E-state index in [1.807, 2.05) is 30.3 Å². The number of anilines is 1. The second-order valence-electron chi connectivity index (χ2n) is 6.25. The second-order valence-corrected chi connectivity index (χ2v) is 6.25. The standard InChI is InChI=1S/C16H17N3O.C5H5NO/c17-16(20)14-11-13(12-5-7-18-8-6-12)3-4-15(14)19-9-1-2-10-19;7-5-3-1-2-4-6-5/h3-8,11H,1-2,9-10H2,(H2,17,20);1-4H,(H,6,7). The van der Waals surface area contributed by atoms with Crippen LogP contribution in [0.2, 0.25) is 0 Å². The van der Waals surface area contributed by atoms with Crippen LogP contribution in [0.4, 0.5) is 5.69 Å². The van der Waals surface area contributed by atoms with Crippen LogP contribution in [-0.4, -0.2) is 29.0 Å². The van der Waals surface area contributed by atoms with Gasteiger partial charge in [-0.2, -0.15) is 0 Å². The van der Waals surface area contributed by atoms with E-state index in [2.05, 4.69) is 14.9 Å². The summed E-state index contributed by atoms with van der Waals surface area (Å²) in [5, 5.41) is 0. The lowest BCUT2D eigenvalue weighted by atomic mass is 10.0. The highest BCUT2D eigenvalue weighted by Crippen LogP contribution is 2.29. The molecule has 1 fully saturated rings. The number of pyridine rings is 2. The molecule has 3 aromatic rings. The summed E-state index contributed by atoms with van der Waals surface area (Å²) in [6.45, 7) is 1.99. The zero-order chi connectivity index (χ0) is 19.1. The number of carbonyl (C=O) groups is 1. The number of hydrogen-bond donors (Lipinski definition) is 2. The van der Waals surface area contributed by atoms with E-state index in [-0.39, 0.29) is 11.5 Å². The number of carbonyl (C=O) groups excluding carboxylic acids is 1. The molecule has 0 radical (unpaired) electrons. The molecule has 1 aromatic carbocycles. The maximum absolute atomic E-state index is 11.7. The number of aromatic amines is 1. The Kier molecular flexibility index (Phi) is 5.99. The van der Waals surface area contributed by atoms with E-state index >= 15 is 0 Å². The second kappa shape index (κ2) is 8.80. The largest absolute Gasteiger partial charge is 0.371 e. The SMILES string of the molecule is NC(=O)c1cc(-c2ccncc2)ccc1N1CCCC1.O=c1cccc[nH]1. The number of rotatable bonds is 3. The van der Waals surface area contributed by atoms with Gasteiger partial charge in [-0.3, -0.25) is 14.6 Å². The molecule has 0 atom stereocenters. The number of benzene rings is 1. The highest BCUT2D eigenvalue weighted by molar-refractivity contribution is 6.00. The zero-order valence-electron chi connectivity index (χ0n) is 15.0. The molecule has 4 rings (SSSR count). The van der Waals surface area contributed by atoms with Crippen LogP contribution in [0.1, 0.15) is 23.2 Å². The molecule has 1 aliphatic heterocycles. The third kappa shape index (κ3) is 4.82. The summed E-state index contributed by atoms with van der Waals surface area (Å²) in [7, 11) is 0. The van der Waals surface area contributed by atoms with Crippen molar-refractivity contribution in [2.75, 3.05) is 18.0 Å². The van der Waals surface area contributed by atoms with Gasteiger partial charge in [0.1, 0.15) is 0 Å². The Morgan fingerprint density at radius 2 is 1.74 bits per heavy atom. The van der Waals surface area contributed by atoms with Crippen molar-refractivity contribution < 1.29 is 4.79 Å². The summed E-state index contributed by atoms with van der Waals surface area (Å²) >= 11 is 0. The van der Waals surface area contributed by atoms with Crippen molar-refractivity contribution >= 4 is 11.6 Å². The van der Waals surface area contributed by atoms with Crippen molar-refractivity contribution in [3.05, 3.63) is 83.0 Å². The summed E-state index contributed by atoms with van der Waals surface area (Å²) in [6.07, 6.45) is 7.43. The Balaban J connectivity index is 0.000000253. The van der Waals surface area contributed by atoms with Gasteiger partial charge < -0.3 is 15.6 Å². The molecule has 1 aliphatic rings. The van der Waals surface area contributed by atoms with Gasteiger partial charge in [-0.05, 0) is 54.3 Å². The Hall–Kier alpha value is -3.41. The van der Waals surface area contributed by atoms with Crippen LogP contribution in [0.25, 0.3) is 11.1 Å². The molecule has 1 amide bonds. The number of primary amides is 1. The van der Waals surface area contributed by atoms with Gasteiger partial charge in [0.05, 0.1) is 5.56 Å². The minimum atomic E-state index is -0.372. The average molecular weight is 362 g/mol. The smallest absolute Gasteiger partial charge is 0.250 e. The summed E-state index contributed by atoms with van der Waals surface area (Å²) in [6, 6.07) is 14.7. The average Bonchev–Trinajstić information content (AvgIpc) is 3.24. The monoisotopic (exact) mass is 362 g/mol. The molecule has 6 heteroatoms. The molecule has 27 heavy (non-hydrogen) atoms. The lowest BCUT2D eigenvalue weighted by molar-refractivity contribution is 0.100. The van der Waals surface area contributed by atoms with Crippen LogP contribution in [0.15, 0.2) is 71.9 Å². The van der Waals surface area contributed by atoms with Crippen LogP contribution in [0.3, 0.4) is 0 Å². The van der Waals surface area contributed by atoms with Crippen molar-refractivity contribution in [1.29, 1.82) is 0 Å². The predicted octanol–water partition coefficient (Wildman–Crippen LogP) is 2.82. The van der Waals surface area contributed by atoms with Gasteiger partial charge in [0, 0.05) is 43.4 Å². The fraction of sp³-hybridized carbons (Fsp3) is 0.190. The maximum atomic E-state index is 11.7. The lowest BCUT2D eigenvalue weighted by Gasteiger charge is -2.21. The first-order valence-electron chi connectivity index (χ1n) is 8.88. The molecule has 138 valence electrons. The van der Waals surface area contributed by atoms with E-state index in [1.54, 1.807) is 30.7 Å². The molecule has 0 unspecified atom stereocenters. The molecular weight excluding hydrogens is 340 g/mol. The molecule has 3 heterocycles. The van der Waals surface area contributed by atoms with Gasteiger partial charge in [-0.1, -0.05) is 12.1 Å². The predicted molar refractivity (Wildman–Crippen MR) is 107 cm³/mol. The van der Waals surface area contributed by atoms with Crippen molar-refractivity contribution in [3.63, 3.8) is 0 Å². The Morgan fingerprint density at radius 3 is 2.30 bits per heavy atom. The van der Waals surface area contributed by atoms with Crippen molar-refractivity contribution in [3.8, 4) is 11.1 Å². The topological polar surface area (TPSA) is 92.1 Å². The lowest BCUT2D eigenvalue weighted by Crippen LogP contribution is -2.23. The number of H-pyrrole nitrogens is 1. The Labute approximate surface area is 157 Å². The van der Waals surface area contributed by atoms with Crippen LogP contribution in [-0.2, 0) is 0 Å². The minimum absolute atomic E-state index is 0.0532. The fourth-order valence-electron chi connectivity index (χ4n) is 3.07. The molecule has 0 aliphatic carbocycles. The molecule has 6 nitrogen and oxygen atoms in total. The van der Waals surface area contributed by atoms with Crippen LogP contribution < -0.4 is 16.2 Å². The Bertz CT molecular complexity index is 930. The van der Waals surface area contributed by atoms with Gasteiger partial charge in [-0.25, -0.2) is 0 Å². The van der Waals surface area contributed by atoms with Gasteiger partial charge in [0.25, 0.3) is 5.91 Å². The van der Waals surface area contributed by atoms with E-state index in [9.17, 15) is 9.59 Å². The highest BCUT2D eigenvalue weighted by Gasteiger charge is 2.18. The van der Waals surface area contributed by atoms with Crippen molar-refractivity contribution in [1.82, 2.24) is 9.97 Å². The third-order valence-electron chi connectivity index (χ3n) is 4.40. The van der Waals surface area contributed by atoms with Crippen molar-refractivity contribution in [2.24, 2.45) is 5.73 Å². The summed E-state index contributed by atoms with van der Waals surface area (Å²) in [4.78, 5) is 30.7. The summed E-state index contributed by atoms with van der Waals surface area (Å²) < 4.78 is 0. The number of nitrogens with two attached hydrogens (primary N) is 1. The van der Waals surface area contributed by atoms with Crippen molar-refractivity contribution in [2.45, 2.75) is 12.8 Å². The summed E-state index contributed by atoms with van der Waals surface area (Å²) in [5.74, 6) is -0.372. The number of hydrogen-bond acceptors (Lipinski definition) is 4. The minimum Gasteiger partial charge on any atom is -0.371 e. The van der Waals surface area contributed by atoms with Gasteiger partial charge in [0.2, 0.25) is 5.56 Å². The normalized spacial score (nSPS) is 13.0. The van der Waals surface area contributed by atoms with E-state index in [0.29, 0.717) is 5.56 Å². The van der Waals surface area contributed by atoms with Crippen LogP contribution in [0, 0.1) is 0 Å². The van der Waals surface area contributed by atoms with Gasteiger partial charge in [0.15, 0.2) is 0 Å². The van der Waals surface area contributed by atoms with Gasteiger partial charge in [-0.15, -0.1) is 0 Å². The van der Waals surface area contributed by atoms with E-state index in [1.165, 1.54) is 18.9 Å². The molecule has 0 bridgehead atoms. The zero-order valence-corrected chi connectivity index (χ0v) is 15.0. The van der Waals surface area contributed by atoms with E-state index in [4.69, 9.17) is 5.73 Å². The number of nitrogens with one attached hydrogen (secondary N) is 1.